The molecular formula is C11H22N2O3. The molecule has 0 bridgehead atoms. The fourth-order valence-corrected chi connectivity index (χ4v) is 1.23. The lowest BCUT2D eigenvalue weighted by atomic mass is 10.2. The van der Waals surface area contributed by atoms with E-state index in [0.29, 0.717) is 6.42 Å². The second kappa shape index (κ2) is 7.96. The van der Waals surface area contributed by atoms with Crippen molar-refractivity contribution in [3.63, 3.8) is 0 Å². The highest BCUT2D eigenvalue weighted by Gasteiger charge is 2.12. The third-order valence-corrected chi connectivity index (χ3v) is 2.35. The number of carboxylic acid groups (broad SMARTS) is 1. The molecule has 0 aromatic carbocycles. The van der Waals surface area contributed by atoms with E-state index in [2.05, 4.69) is 12.2 Å². The SMILES string of the molecule is CCCCN(C)C(=O)NC(C)CCC(=O)O. The maximum absolute atomic E-state index is 11.6. The maximum Gasteiger partial charge on any atom is 0.317 e. The number of hydrogen-bond acceptors (Lipinski definition) is 2. The van der Waals surface area contributed by atoms with Gasteiger partial charge in [-0.25, -0.2) is 4.79 Å². The first-order chi connectivity index (χ1) is 7.47. The van der Waals surface area contributed by atoms with Crippen molar-refractivity contribution >= 4 is 12.0 Å². The molecule has 1 atom stereocenters. The lowest BCUT2D eigenvalue weighted by molar-refractivity contribution is -0.137. The predicted molar refractivity (Wildman–Crippen MR) is 62.4 cm³/mol. The monoisotopic (exact) mass is 230 g/mol. The van der Waals surface area contributed by atoms with Crippen LogP contribution in [0.4, 0.5) is 4.79 Å². The van der Waals surface area contributed by atoms with E-state index < -0.39 is 5.97 Å². The highest BCUT2D eigenvalue weighted by molar-refractivity contribution is 5.74. The van der Waals surface area contributed by atoms with Gasteiger partial charge in [0.15, 0.2) is 0 Å². The van der Waals surface area contributed by atoms with Gasteiger partial charge in [0.25, 0.3) is 0 Å². The Morgan fingerprint density at radius 2 is 2.06 bits per heavy atom. The van der Waals surface area contributed by atoms with Crippen molar-refractivity contribution in [1.82, 2.24) is 10.2 Å². The zero-order chi connectivity index (χ0) is 12.6. The van der Waals surface area contributed by atoms with Crippen molar-refractivity contribution in [2.75, 3.05) is 13.6 Å². The minimum atomic E-state index is -0.833. The number of unbranched alkanes of at least 4 members (excludes halogenated alkanes) is 1. The van der Waals surface area contributed by atoms with Crippen LogP contribution in [0.1, 0.15) is 39.5 Å². The van der Waals surface area contributed by atoms with Crippen LogP contribution in [0, 0.1) is 0 Å². The number of aliphatic carboxylic acids is 1. The third-order valence-electron chi connectivity index (χ3n) is 2.35. The Hall–Kier alpha value is -1.26. The molecule has 5 heteroatoms. The number of rotatable bonds is 7. The van der Waals surface area contributed by atoms with E-state index in [0.717, 1.165) is 19.4 Å². The number of hydrogen-bond donors (Lipinski definition) is 2. The normalized spacial score (nSPS) is 11.9. The summed E-state index contributed by atoms with van der Waals surface area (Å²) in [6.45, 7) is 4.61. The molecule has 0 saturated carbocycles. The van der Waals surface area contributed by atoms with Crippen LogP contribution in [0.15, 0.2) is 0 Å². The number of carboxylic acids is 1. The number of amides is 2. The first kappa shape index (κ1) is 14.7. The molecule has 2 N–H and O–H groups in total. The Kier molecular flexibility index (Phi) is 7.33. The lowest BCUT2D eigenvalue weighted by Crippen LogP contribution is -2.42. The van der Waals surface area contributed by atoms with E-state index >= 15 is 0 Å². The molecule has 0 saturated heterocycles. The highest BCUT2D eigenvalue weighted by atomic mass is 16.4. The summed E-state index contributed by atoms with van der Waals surface area (Å²) in [6.07, 6.45) is 2.57. The van der Waals surface area contributed by atoms with Crippen molar-refractivity contribution < 1.29 is 14.7 Å². The van der Waals surface area contributed by atoms with Gasteiger partial charge in [-0.05, 0) is 19.8 Å². The molecule has 0 heterocycles. The van der Waals surface area contributed by atoms with Gasteiger partial charge in [-0.1, -0.05) is 13.3 Å². The Bertz CT molecular complexity index is 231. The Morgan fingerprint density at radius 3 is 2.56 bits per heavy atom. The molecule has 0 aromatic heterocycles. The highest BCUT2D eigenvalue weighted by Crippen LogP contribution is 1.98. The van der Waals surface area contributed by atoms with Gasteiger partial charge in [-0.2, -0.15) is 0 Å². The molecule has 5 nitrogen and oxygen atoms in total. The lowest BCUT2D eigenvalue weighted by Gasteiger charge is -2.20. The molecule has 0 fully saturated rings. The first-order valence-corrected chi connectivity index (χ1v) is 5.70. The minimum absolute atomic E-state index is 0.0835. The van der Waals surface area contributed by atoms with Crippen LogP contribution in [-0.2, 0) is 4.79 Å². The molecular weight excluding hydrogens is 208 g/mol. The molecule has 0 aliphatic rings. The molecule has 0 aromatic rings. The van der Waals surface area contributed by atoms with Gasteiger partial charge in [-0.3, -0.25) is 4.79 Å². The summed E-state index contributed by atoms with van der Waals surface area (Å²) in [5.41, 5.74) is 0. The van der Waals surface area contributed by atoms with Crippen molar-refractivity contribution in [2.45, 2.75) is 45.6 Å². The van der Waals surface area contributed by atoms with Crippen molar-refractivity contribution in [1.29, 1.82) is 0 Å². The summed E-state index contributed by atoms with van der Waals surface area (Å²) in [6, 6.07) is -0.237. The summed E-state index contributed by atoms with van der Waals surface area (Å²) < 4.78 is 0. The van der Waals surface area contributed by atoms with Gasteiger partial charge in [0.2, 0.25) is 0 Å². The van der Waals surface area contributed by atoms with E-state index in [1.165, 1.54) is 0 Å². The van der Waals surface area contributed by atoms with E-state index in [9.17, 15) is 9.59 Å². The number of nitrogens with one attached hydrogen (secondary N) is 1. The third kappa shape index (κ3) is 7.09. The summed E-state index contributed by atoms with van der Waals surface area (Å²) in [5, 5.41) is 11.3. The van der Waals surface area contributed by atoms with Gasteiger partial charge in [0.1, 0.15) is 0 Å². The predicted octanol–water partition coefficient (Wildman–Crippen LogP) is 1.68. The van der Waals surface area contributed by atoms with Crippen LogP contribution in [0.3, 0.4) is 0 Å². The van der Waals surface area contributed by atoms with E-state index in [-0.39, 0.29) is 18.5 Å². The van der Waals surface area contributed by atoms with Gasteiger partial charge < -0.3 is 15.3 Å². The van der Waals surface area contributed by atoms with Crippen LogP contribution in [0.5, 0.6) is 0 Å². The van der Waals surface area contributed by atoms with Crippen LogP contribution in [0.2, 0.25) is 0 Å². The molecule has 0 radical (unpaired) electrons. The van der Waals surface area contributed by atoms with Crippen molar-refractivity contribution in [3.8, 4) is 0 Å². The minimum Gasteiger partial charge on any atom is -0.481 e. The molecule has 94 valence electrons. The summed E-state index contributed by atoms with van der Waals surface area (Å²) in [5.74, 6) is -0.833. The Morgan fingerprint density at radius 1 is 1.44 bits per heavy atom. The van der Waals surface area contributed by atoms with Crippen LogP contribution < -0.4 is 5.32 Å². The topological polar surface area (TPSA) is 69.6 Å². The van der Waals surface area contributed by atoms with Gasteiger partial charge in [0.05, 0.1) is 0 Å². The summed E-state index contributed by atoms with van der Waals surface area (Å²) >= 11 is 0. The molecule has 1 unspecified atom stereocenters. The van der Waals surface area contributed by atoms with Crippen LogP contribution in [0.25, 0.3) is 0 Å². The molecule has 2 amide bonds. The van der Waals surface area contributed by atoms with E-state index in [4.69, 9.17) is 5.11 Å². The second-order valence-corrected chi connectivity index (χ2v) is 4.06. The van der Waals surface area contributed by atoms with Gasteiger partial charge in [0, 0.05) is 26.1 Å². The molecule has 16 heavy (non-hydrogen) atoms. The first-order valence-electron chi connectivity index (χ1n) is 5.70. The van der Waals surface area contributed by atoms with Crippen molar-refractivity contribution in [2.24, 2.45) is 0 Å². The average molecular weight is 230 g/mol. The van der Waals surface area contributed by atoms with Crippen molar-refractivity contribution in [3.05, 3.63) is 0 Å². The molecule has 0 rings (SSSR count). The molecule has 0 spiro atoms. The van der Waals surface area contributed by atoms with E-state index in [1.807, 2.05) is 6.92 Å². The fourth-order valence-electron chi connectivity index (χ4n) is 1.23. The standard InChI is InChI=1S/C11H22N2O3/c1-4-5-8-13(3)11(16)12-9(2)6-7-10(14)15/h9H,4-8H2,1-3H3,(H,12,16)(H,14,15). The van der Waals surface area contributed by atoms with Gasteiger partial charge >= 0.3 is 12.0 Å². The van der Waals surface area contributed by atoms with Crippen LogP contribution in [-0.4, -0.2) is 41.6 Å². The Balaban J connectivity index is 3.80. The summed E-state index contributed by atoms with van der Waals surface area (Å²) in [4.78, 5) is 23.5. The molecule has 0 aliphatic carbocycles. The second-order valence-electron chi connectivity index (χ2n) is 4.06. The number of urea groups is 1. The zero-order valence-corrected chi connectivity index (χ0v) is 10.3. The van der Waals surface area contributed by atoms with Gasteiger partial charge in [-0.15, -0.1) is 0 Å². The average Bonchev–Trinajstić information content (AvgIpc) is 2.22. The number of carbonyl (C=O) groups excluding carboxylic acids is 1. The number of carbonyl (C=O) groups is 2. The molecule has 0 aliphatic heterocycles. The fraction of sp³-hybridized carbons (Fsp3) is 0.818. The Labute approximate surface area is 96.8 Å². The largest absolute Gasteiger partial charge is 0.481 e. The smallest absolute Gasteiger partial charge is 0.317 e. The summed E-state index contributed by atoms with van der Waals surface area (Å²) in [7, 11) is 1.74. The maximum atomic E-state index is 11.6. The van der Waals surface area contributed by atoms with Crippen LogP contribution >= 0.6 is 0 Å². The quantitative estimate of drug-likeness (QED) is 0.699. The number of nitrogens with zero attached hydrogens (tertiary/aromatic N) is 1. The van der Waals surface area contributed by atoms with E-state index in [1.54, 1.807) is 11.9 Å². The zero-order valence-electron chi connectivity index (χ0n) is 10.3.